The minimum absolute atomic E-state index is 0.0886. The number of benzene rings is 1. The second-order valence-electron chi connectivity index (χ2n) is 9.16. The molecule has 33 heavy (non-hydrogen) atoms. The van der Waals surface area contributed by atoms with E-state index in [2.05, 4.69) is 0 Å². The SMILES string of the molecule is O=C(O[C@H]1C[N+]2(CCCOc3ccccc3)CCC1CC2)C(O)(c1ccco1)c1ccco1. The lowest BCUT2D eigenvalue weighted by molar-refractivity contribution is -0.946. The molecule has 0 saturated carbocycles. The lowest BCUT2D eigenvalue weighted by atomic mass is 9.83. The van der Waals surface area contributed by atoms with Crippen LogP contribution in [-0.2, 0) is 15.1 Å². The molecule has 2 bridgehead atoms. The number of piperidine rings is 3. The van der Waals surface area contributed by atoms with Crippen LogP contribution in [0.2, 0.25) is 0 Å². The monoisotopic (exact) mass is 452 g/mol. The molecule has 3 saturated heterocycles. The number of carbonyl (C=O) groups is 1. The van der Waals surface area contributed by atoms with Gasteiger partial charge in [-0.3, -0.25) is 0 Å². The molecule has 7 nitrogen and oxygen atoms in total. The quantitative estimate of drug-likeness (QED) is 0.303. The number of aliphatic hydroxyl groups is 1. The Morgan fingerprint density at radius 1 is 1.00 bits per heavy atom. The highest BCUT2D eigenvalue weighted by Gasteiger charge is 2.52. The highest BCUT2D eigenvalue weighted by molar-refractivity contribution is 5.83. The van der Waals surface area contributed by atoms with Crippen LogP contribution >= 0.6 is 0 Å². The van der Waals surface area contributed by atoms with Gasteiger partial charge in [-0.05, 0) is 36.4 Å². The molecule has 1 atom stereocenters. The number of carbonyl (C=O) groups excluding carboxylic acids is 1. The minimum Gasteiger partial charge on any atom is -0.493 e. The van der Waals surface area contributed by atoms with Gasteiger partial charge in [0.1, 0.15) is 12.3 Å². The summed E-state index contributed by atoms with van der Waals surface area (Å²) in [5.74, 6) is 0.622. The van der Waals surface area contributed by atoms with Gasteiger partial charge in [0, 0.05) is 25.2 Å². The van der Waals surface area contributed by atoms with Crippen LogP contribution in [-0.4, -0.2) is 54.4 Å². The Bertz CT molecular complexity index is 988. The van der Waals surface area contributed by atoms with E-state index < -0.39 is 11.6 Å². The maximum Gasteiger partial charge on any atom is 0.354 e. The Labute approximate surface area is 193 Å². The van der Waals surface area contributed by atoms with Crippen molar-refractivity contribution in [3.8, 4) is 5.75 Å². The van der Waals surface area contributed by atoms with Gasteiger partial charge < -0.3 is 27.9 Å². The Morgan fingerprint density at radius 3 is 2.27 bits per heavy atom. The molecule has 0 spiro atoms. The maximum atomic E-state index is 13.3. The molecule has 2 aromatic heterocycles. The number of para-hydroxylation sites is 1. The third-order valence-corrected chi connectivity index (χ3v) is 7.14. The molecule has 5 heterocycles. The van der Waals surface area contributed by atoms with Gasteiger partial charge in [0.25, 0.3) is 5.60 Å². The summed E-state index contributed by atoms with van der Waals surface area (Å²) in [6.45, 7) is 4.58. The predicted octanol–water partition coefficient (Wildman–Crippen LogP) is 3.73. The summed E-state index contributed by atoms with van der Waals surface area (Å²) in [5, 5.41) is 11.4. The third kappa shape index (κ3) is 4.30. The summed E-state index contributed by atoms with van der Waals surface area (Å²) in [7, 11) is 0. The summed E-state index contributed by atoms with van der Waals surface area (Å²) < 4.78 is 23.6. The fraction of sp³-hybridized carbons (Fsp3) is 0.423. The topological polar surface area (TPSA) is 82.0 Å². The fourth-order valence-corrected chi connectivity index (χ4v) is 5.29. The number of furan rings is 2. The van der Waals surface area contributed by atoms with Crippen molar-refractivity contribution in [3.05, 3.63) is 78.6 Å². The van der Waals surface area contributed by atoms with Crippen molar-refractivity contribution in [3.63, 3.8) is 0 Å². The molecular weight excluding hydrogens is 422 g/mol. The molecule has 174 valence electrons. The minimum atomic E-state index is -2.10. The first-order valence-corrected chi connectivity index (χ1v) is 11.6. The van der Waals surface area contributed by atoms with Crippen LogP contribution in [0.25, 0.3) is 0 Å². The van der Waals surface area contributed by atoms with Crippen LogP contribution in [0, 0.1) is 5.92 Å². The van der Waals surface area contributed by atoms with Crippen molar-refractivity contribution in [2.24, 2.45) is 5.92 Å². The van der Waals surface area contributed by atoms with Crippen LogP contribution in [0.3, 0.4) is 0 Å². The number of rotatable bonds is 9. The van der Waals surface area contributed by atoms with E-state index in [-0.39, 0.29) is 17.6 Å². The lowest BCUT2D eigenvalue weighted by Gasteiger charge is -2.52. The number of esters is 1. The Morgan fingerprint density at radius 2 is 1.67 bits per heavy atom. The number of ether oxygens (including phenoxy) is 2. The molecule has 0 amide bonds. The van der Waals surface area contributed by atoms with Crippen molar-refractivity contribution in [1.82, 2.24) is 0 Å². The third-order valence-electron chi connectivity index (χ3n) is 7.14. The van der Waals surface area contributed by atoms with Gasteiger partial charge in [-0.2, -0.15) is 0 Å². The first kappa shape index (κ1) is 21.8. The van der Waals surface area contributed by atoms with Crippen LogP contribution in [0.5, 0.6) is 5.75 Å². The van der Waals surface area contributed by atoms with E-state index in [1.54, 1.807) is 24.3 Å². The van der Waals surface area contributed by atoms with E-state index in [0.717, 1.165) is 55.7 Å². The van der Waals surface area contributed by atoms with Gasteiger partial charge in [-0.15, -0.1) is 0 Å². The van der Waals surface area contributed by atoms with E-state index in [9.17, 15) is 9.90 Å². The largest absolute Gasteiger partial charge is 0.493 e. The molecule has 1 aromatic carbocycles. The summed E-state index contributed by atoms with van der Waals surface area (Å²) >= 11 is 0. The first-order valence-electron chi connectivity index (χ1n) is 11.6. The average molecular weight is 453 g/mol. The Balaban J connectivity index is 1.24. The van der Waals surface area contributed by atoms with Crippen LogP contribution in [0.4, 0.5) is 0 Å². The zero-order chi connectivity index (χ0) is 22.7. The molecule has 0 unspecified atom stereocenters. The molecule has 7 heteroatoms. The Hall–Kier alpha value is -3.03. The van der Waals surface area contributed by atoms with Crippen molar-refractivity contribution in [2.45, 2.75) is 31.0 Å². The summed E-state index contributed by atoms with van der Waals surface area (Å²) in [4.78, 5) is 13.3. The number of hydrogen-bond acceptors (Lipinski definition) is 6. The van der Waals surface area contributed by atoms with E-state index in [1.807, 2.05) is 30.3 Å². The van der Waals surface area contributed by atoms with Gasteiger partial charge in [-0.25, -0.2) is 4.79 Å². The van der Waals surface area contributed by atoms with Crippen molar-refractivity contribution in [2.75, 3.05) is 32.8 Å². The standard InChI is InChI=1S/C26H30NO6/c28-25(26(29,23-9-4-16-31-23)24-10-5-17-32-24)33-22-19-27(14-11-20(22)12-15-27)13-6-18-30-21-7-2-1-3-8-21/h1-5,7-10,16-17,20,22,29H,6,11-15,18-19H2/q+1/t20?,22-,27?/m0/s1. The Kier molecular flexibility index (Phi) is 6.00. The molecule has 3 fully saturated rings. The maximum absolute atomic E-state index is 13.3. The molecule has 6 rings (SSSR count). The van der Waals surface area contributed by atoms with Crippen molar-refractivity contribution >= 4 is 5.97 Å². The number of nitrogens with zero attached hydrogens (tertiary/aromatic N) is 1. The average Bonchev–Trinajstić information content (AvgIpc) is 3.58. The highest BCUT2D eigenvalue weighted by Crippen LogP contribution is 2.38. The van der Waals surface area contributed by atoms with Gasteiger partial charge in [0.05, 0.1) is 38.8 Å². The molecule has 3 aliphatic rings. The predicted molar refractivity (Wildman–Crippen MR) is 119 cm³/mol. The van der Waals surface area contributed by atoms with E-state index in [0.29, 0.717) is 12.5 Å². The van der Waals surface area contributed by atoms with E-state index >= 15 is 0 Å². The zero-order valence-corrected chi connectivity index (χ0v) is 18.6. The second kappa shape index (κ2) is 9.08. The number of fused-ring (bicyclic) bond motifs is 3. The fourth-order valence-electron chi connectivity index (χ4n) is 5.29. The zero-order valence-electron chi connectivity index (χ0n) is 18.6. The highest BCUT2D eigenvalue weighted by atomic mass is 16.6. The van der Waals surface area contributed by atoms with Crippen LogP contribution in [0.15, 0.2) is 76.0 Å². The smallest absolute Gasteiger partial charge is 0.354 e. The normalized spacial score (nSPS) is 24.5. The lowest BCUT2D eigenvalue weighted by Crippen LogP contribution is -2.65. The molecular formula is C26H30NO6+. The van der Waals surface area contributed by atoms with E-state index in [4.69, 9.17) is 18.3 Å². The molecule has 1 N–H and O–H groups in total. The number of quaternary nitrogens is 1. The molecule has 3 aromatic rings. The van der Waals surface area contributed by atoms with E-state index in [1.165, 1.54) is 12.5 Å². The molecule has 3 aliphatic heterocycles. The van der Waals surface area contributed by atoms with Gasteiger partial charge in [0.15, 0.2) is 17.6 Å². The number of hydrogen-bond donors (Lipinski definition) is 1. The van der Waals surface area contributed by atoms with Crippen molar-refractivity contribution in [1.29, 1.82) is 0 Å². The van der Waals surface area contributed by atoms with Gasteiger partial charge in [-0.1, -0.05) is 18.2 Å². The van der Waals surface area contributed by atoms with Gasteiger partial charge in [0.2, 0.25) is 0 Å². The summed E-state index contributed by atoms with van der Waals surface area (Å²) in [5.41, 5.74) is -2.10. The molecule has 0 radical (unpaired) electrons. The van der Waals surface area contributed by atoms with Gasteiger partial charge >= 0.3 is 5.97 Å². The summed E-state index contributed by atoms with van der Waals surface area (Å²) in [6.07, 6.45) is 5.55. The van der Waals surface area contributed by atoms with Crippen LogP contribution < -0.4 is 4.74 Å². The molecule has 0 aliphatic carbocycles. The second-order valence-corrected chi connectivity index (χ2v) is 9.16. The van der Waals surface area contributed by atoms with Crippen LogP contribution in [0.1, 0.15) is 30.8 Å². The van der Waals surface area contributed by atoms with Crippen molar-refractivity contribution < 1.29 is 32.7 Å². The first-order chi connectivity index (χ1) is 16.1. The summed E-state index contributed by atoms with van der Waals surface area (Å²) in [6, 6.07) is 16.2.